The van der Waals surface area contributed by atoms with Gasteiger partial charge in [-0.3, -0.25) is 9.69 Å². The van der Waals surface area contributed by atoms with Gasteiger partial charge in [-0.1, -0.05) is 24.0 Å². The van der Waals surface area contributed by atoms with Crippen LogP contribution in [0.5, 0.6) is 0 Å². The second-order valence-corrected chi connectivity index (χ2v) is 9.36. The molecule has 3 fully saturated rings. The van der Waals surface area contributed by atoms with E-state index in [4.69, 9.17) is 4.74 Å². The smallest absolute Gasteiger partial charge is 0.228 e. The molecular weight excluding hydrogens is 428 g/mol. The Balaban J connectivity index is 1.23. The van der Waals surface area contributed by atoms with Gasteiger partial charge in [0.25, 0.3) is 0 Å². The number of fused-ring (bicyclic) bond motifs is 1. The zero-order valence-electron chi connectivity index (χ0n) is 19.1. The second kappa shape index (κ2) is 8.35. The molecule has 0 unspecified atom stereocenters. The van der Waals surface area contributed by atoms with Crippen molar-refractivity contribution in [2.45, 2.75) is 31.3 Å². The fourth-order valence-electron chi connectivity index (χ4n) is 4.50. The van der Waals surface area contributed by atoms with Crippen LogP contribution in [0, 0.1) is 17.8 Å². The highest BCUT2D eigenvalue weighted by molar-refractivity contribution is 5.97. The highest BCUT2D eigenvalue weighted by Crippen LogP contribution is 2.38. The van der Waals surface area contributed by atoms with E-state index in [9.17, 15) is 4.79 Å². The van der Waals surface area contributed by atoms with Gasteiger partial charge in [0, 0.05) is 43.2 Å². The van der Waals surface area contributed by atoms with Gasteiger partial charge in [-0.15, -0.1) is 10.2 Å². The van der Waals surface area contributed by atoms with E-state index in [-0.39, 0.29) is 11.8 Å². The summed E-state index contributed by atoms with van der Waals surface area (Å²) >= 11 is 0. The van der Waals surface area contributed by atoms with Gasteiger partial charge in [-0.2, -0.15) is 0 Å². The molecule has 8 heteroatoms. The molecule has 6 rings (SSSR count). The van der Waals surface area contributed by atoms with Crippen molar-refractivity contribution in [3.8, 4) is 11.8 Å². The quantitative estimate of drug-likeness (QED) is 0.573. The van der Waals surface area contributed by atoms with Gasteiger partial charge in [-0.25, -0.2) is 4.98 Å². The third kappa shape index (κ3) is 3.87. The summed E-state index contributed by atoms with van der Waals surface area (Å²) in [7, 11) is 1.79. The van der Waals surface area contributed by atoms with E-state index in [0.717, 1.165) is 55.7 Å². The number of rotatable bonds is 5. The van der Waals surface area contributed by atoms with Crippen LogP contribution >= 0.6 is 0 Å². The topological polar surface area (TPSA) is 92.3 Å². The minimum Gasteiger partial charge on any atom is -0.377 e. The third-order valence-corrected chi connectivity index (χ3v) is 7.00. The summed E-state index contributed by atoms with van der Waals surface area (Å²) in [5, 5.41) is 15.2. The first-order chi connectivity index (χ1) is 16.6. The Morgan fingerprint density at radius 3 is 2.68 bits per heavy atom. The van der Waals surface area contributed by atoms with E-state index in [1.165, 1.54) is 12.0 Å². The minimum absolute atomic E-state index is 0.00162. The van der Waals surface area contributed by atoms with E-state index in [0.29, 0.717) is 22.7 Å². The number of benzene rings is 1. The number of nitrogens with one attached hydrogen (secondary N) is 2. The number of aromatic nitrogens is 3. The molecule has 34 heavy (non-hydrogen) atoms. The summed E-state index contributed by atoms with van der Waals surface area (Å²) < 4.78 is 5.43. The normalized spacial score (nSPS) is 18.5. The average molecular weight is 455 g/mol. The van der Waals surface area contributed by atoms with Crippen LogP contribution in [-0.2, 0) is 16.1 Å². The number of carbonyl (C=O) groups excluding carboxylic acids is 1. The van der Waals surface area contributed by atoms with Crippen molar-refractivity contribution in [3.63, 3.8) is 0 Å². The first-order valence-electron chi connectivity index (χ1n) is 11.7. The van der Waals surface area contributed by atoms with E-state index in [2.05, 4.69) is 66.8 Å². The Bertz CT molecular complexity index is 1310. The lowest BCUT2D eigenvalue weighted by molar-refractivity contribution is -0.195. The molecule has 2 aliphatic heterocycles. The van der Waals surface area contributed by atoms with Gasteiger partial charge in [0.15, 0.2) is 11.6 Å². The first-order valence-corrected chi connectivity index (χ1v) is 11.7. The maximum Gasteiger partial charge on any atom is 0.228 e. The highest BCUT2D eigenvalue weighted by Gasteiger charge is 2.50. The molecule has 2 aromatic heterocycles. The molecule has 3 aliphatic rings. The molecule has 1 amide bonds. The lowest BCUT2D eigenvalue weighted by atomic mass is 9.82. The van der Waals surface area contributed by atoms with Crippen LogP contribution in [0.1, 0.15) is 36.0 Å². The largest absolute Gasteiger partial charge is 0.377 e. The molecule has 4 heterocycles. The average Bonchev–Trinajstić information content (AvgIpc) is 3.66. The van der Waals surface area contributed by atoms with Crippen LogP contribution < -0.4 is 10.6 Å². The molecule has 0 atom stereocenters. The van der Waals surface area contributed by atoms with E-state index >= 15 is 0 Å². The van der Waals surface area contributed by atoms with Crippen LogP contribution in [0.3, 0.4) is 0 Å². The predicted molar refractivity (Wildman–Crippen MR) is 129 cm³/mol. The first kappa shape index (κ1) is 21.0. The number of carbonyl (C=O) groups is 1. The molecule has 8 nitrogen and oxygen atoms in total. The lowest BCUT2D eigenvalue weighted by Crippen LogP contribution is -2.70. The SMILES string of the molecule is CNc1ncc(C#Cc2ccc(CN3CCC34COC4)cc2)c2cc(NC(=O)C3CC3)nnc12. The van der Waals surface area contributed by atoms with E-state index in [1.807, 2.05) is 6.07 Å². The predicted octanol–water partition coefficient (Wildman–Crippen LogP) is 2.79. The summed E-state index contributed by atoms with van der Waals surface area (Å²) in [6.45, 7) is 3.81. The van der Waals surface area contributed by atoms with Crippen molar-refractivity contribution < 1.29 is 9.53 Å². The number of hydrogen-bond donors (Lipinski definition) is 2. The Morgan fingerprint density at radius 1 is 1.21 bits per heavy atom. The Labute approximate surface area is 198 Å². The molecule has 2 N–H and O–H groups in total. The van der Waals surface area contributed by atoms with Crippen molar-refractivity contribution in [1.82, 2.24) is 20.1 Å². The van der Waals surface area contributed by atoms with Gasteiger partial charge in [0.2, 0.25) is 5.91 Å². The van der Waals surface area contributed by atoms with Crippen LogP contribution in [0.15, 0.2) is 36.5 Å². The number of likely N-dealkylation sites (tertiary alicyclic amines) is 1. The number of pyridine rings is 1. The van der Waals surface area contributed by atoms with Crippen LogP contribution in [0.4, 0.5) is 11.6 Å². The zero-order chi connectivity index (χ0) is 23.1. The summed E-state index contributed by atoms with van der Waals surface area (Å²) in [6.07, 6.45) is 4.84. The molecule has 2 saturated heterocycles. The van der Waals surface area contributed by atoms with E-state index in [1.54, 1.807) is 13.2 Å². The Kier molecular flexibility index (Phi) is 5.16. The van der Waals surface area contributed by atoms with E-state index < -0.39 is 0 Å². The molecule has 1 saturated carbocycles. The van der Waals surface area contributed by atoms with Gasteiger partial charge >= 0.3 is 0 Å². The van der Waals surface area contributed by atoms with Crippen molar-refractivity contribution in [2.75, 3.05) is 37.4 Å². The molecule has 3 aromatic rings. The fourth-order valence-corrected chi connectivity index (χ4v) is 4.50. The summed E-state index contributed by atoms with van der Waals surface area (Å²) in [5.41, 5.74) is 3.88. The van der Waals surface area contributed by atoms with Crippen molar-refractivity contribution in [1.29, 1.82) is 0 Å². The van der Waals surface area contributed by atoms with Crippen LogP contribution in [0.2, 0.25) is 0 Å². The minimum atomic E-state index is -0.00162. The van der Waals surface area contributed by atoms with Crippen molar-refractivity contribution >= 4 is 28.4 Å². The number of anilines is 2. The fraction of sp³-hybridized carbons (Fsp3) is 0.385. The maximum absolute atomic E-state index is 12.2. The van der Waals surface area contributed by atoms with Gasteiger partial charge in [0.1, 0.15) is 5.52 Å². The summed E-state index contributed by atoms with van der Waals surface area (Å²) in [5.74, 6) is 7.64. The number of ether oxygens (including phenoxy) is 1. The van der Waals surface area contributed by atoms with Crippen molar-refractivity contribution in [2.24, 2.45) is 5.92 Å². The molecular formula is C26H26N6O2. The number of nitrogens with zero attached hydrogens (tertiary/aromatic N) is 4. The molecule has 0 bridgehead atoms. The Hall–Kier alpha value is -3.54. The summed E-state index contributed by atoms with van der Waals surface area (Å²) in [4.78, 5) is 19.1. The number of amides is 1. The molecule has 0 radical (unpaired) electrons. The summed E-state index contributed by atoms with van der Waals surface area (Å²) in [6, 6.07) is 10.2. The highest BCUT2D eigenvalue weighted by atomic mass is 16.5. The van der Waals surface area contributed by atoms with Crippen LogP contribution in [0.25, 0.3) is 10.9 Å². The standard InChI is InChI=1S/C26H26N6O2/c1-27-24-23-21(12-22(30-31-23)29-25(33)19-8-9-19)20(13-28-24)7-6-17-2-4-18(5-3-17)14-32-11-10-26(32)15-34-16-26/h2-5,12-13,19H,8-11,14-16H2,1H3,(H,27,28)(H,29,30,33). The lowest BCUT2D eigenvalue weighted by Gasteiger charge is -2.57. The van der Waals surface area contributed by atoms with Gasteiger partial charge in [0.05, 0.1) is 24.3 Å². The van der Waals surface area contributed by atoms with Gasteiger partial charge < -0.3 is 15.4 Å². The monoisotopic (exact) mass is 454 g/mol. The Morgan fingerprint density at radius 2 is 2.03 bits per heavy atom. The van der Waals surface area contributed by atoms with Crippen molar-refractivity contribution in [3.05, 3.63) is 53.2 Å². The van der Waals surface area contributed by atoms with Gasteiger partial charge in [-0.05, 0) is 43.0 Å². The molecule has 172 valence electrons. The zero-order valence-corrected chi connectivity index (χ0v) is 19.1. The third-order valence-electron chi connectivity index (χ3n) is 7.00. The molecule has 1 spiro atoms. The second-order valence-electron chi connectivity index (χ2n) is 9.36. The molecule has 1 aromatic carbocycles. The maximum atomic E-state index is 12.2. The van der Waals surface area contributed by atoms with Crippen LogP contribution in [-0.4, -0.2) is 58.3 Å². The number of hydrogen-bond acceptors (Lipinski definition) is 7. The molecule has 1 aliphatic carbocycles.